The number of allylic oxidation sites excluding steroid dienone is 3. The Balaban J connectivity index is 1.73. The maximum absolute atomic E-state index is 13.4. The first-order chi connectivity index (χ1) is 15.7. The first-order valence-electron chi connectivity index (χ1n) is 10.3. The molecule has 0 bridgehead atoms. The molecule has 3 aromatic carbocycles. The summed E-state index contributed by atoms with van der Waals surface area (Å²) >= 11 is 0. The Bertz CT molecular complexity index is 1250. The molecule has 0 N–H and O–H groups in total. The summed E-state index contributed by atoms with van der Waals surface area (Å²) in [6, 6.07) is 22.2. The van der Waals surface area contributed by atoms with Crippen molar-refractivity contribution in [2.75, 3.05) is 13.7 Å². The van der Waals surface area contributed by atoms with Crippen LogP contribution in [0, 0.1) is 0 Å². The molecule has 32 heavy (non-hydrogen) atoms. The summed E-state index contributed by atoms with van der Waals surface area (Å²) in [6.07, 6.45) is 5.40. The second-order valence-electron chi connectivity index (χ2n) is 6.95. The van der Waals surface area contributed by atoms with Gasteiger partial charge in [-0.3, -0.25) is 4.79 Å². The molecule has 0 atom stereocenters. The highest BCUT2D eigenvalue weighted by Crippen LogP contribution is 2.26. The van der Waals surface area contributed by atoms with E-state index in [0.717, 1.165) is 11.3 Å². The maximum atomic E-state index is 13.4. The van der Waals surface area contributed by atoms with Gasteiger partial charge in [-0.15, -0.1) is 0 Å². The number of rotatable bonds is 8. The molecule has 0 amide bonds. The molecule has 0 saturated heterocycles. The highest BCUT2D eigenvalue weighted by molar-refractivity contribution is 6.28. The van der Waals surface area contributed by atoms with Crippen LogP contribution in [0.2, 0.25) is 0 Å². The fourth-order valence-electron chi connectivity index (χ4n) is 3.31. The highest BCUT2D eigenvalue weighted by atomic mass is 16.5. The monoisotopic (exact) mass is 425 g/mol. The number of hydrogen-bond acceptors (Lipinski definition) is 5. The molecular formula is C27H23NO4. The van der Waals surface area contributed by atoms with Gasteiger partial charge in [-0.05, 0) is 55.5 Å². The van der Waals surface area contributed by atoms with Gasteiger partial charge in [0.25, 0.3) is 0 Å². The number of ketones is 1. The van der Waals surface area contributed by atoms with Crippen LogP contribution in [-0.2, 0) is 0 Å². The van der Waals surface area contributed by atoms with Crippen LogP contribution in [0.1, 0.15) is 28.7 Å². The molecule has 0 saturated carbocycles. The van der Waals surface area contributed by atoms with Gasteiger partial charge < -0.3 is 13.9 Å². The van der Waals surface area contributed by atoms with Crippen LogP contribution in [0.5, 0.6) is 11.5 Å². The molecule has 160 valence electrons. The topological polar surface area (TPSA) is 61.6 Å². The number of benzene rings is 3. The van der Waals surface area contributed by atoms with Gasteiger partial charge in [0.1, 0.15) is 17.0 Å². The Labute approximate surface area is 186 Å². The summed E-state index contributed by atoms with van der Waals surface area (Å²) in [4.78, 5) is 17.9. The van der Waals surface area contributed by atoms with E-state index in [4.69, 9.17) is 13.9 Å². The normalized spacial score (nSPS) is 11.8. The van der Waals surface area contributed by atoms with Crippen molar-refractivity contribution in [1.29, 1.82) is 0 Å². The fourth-order valence-corrected chi connectivity index (χ4v) is 3.31. The van der Waals surface area contributed by atoms with E-state index in [1.807, 2.05) is 61.5 Å². The van der Waals surface area contributed by atoms with Crippen molar-refractivity contribution in [3.05, 3.63) is 102 Å². The number of carbonyl (C=O) groups excluding carboxylic acids is 1. The van der Waals surface area contributed by atoms with Gasteiger partial charge in [-0.25, -0.2) is 4.98 Å². The predicted molar refractivity (Wildman–Crippen MR) is 126 cm³/mol. The zero-order valence-electron chi connectivity index (χ0n) is 17.9. The van der Waals surface area contributed by atoms with E-state index in [1.165, 1.54) is 0 Å². The number of para-hydroxylation sites is 3. The number of Topliss-reactive ketones (excluding diaryl/α,β-unsaturated/α-hetero) is 1. The standard InChI is InChI=1S/C27H23NO4/c1-3-31-21-17-15-20(16-18-21)26(29)22(27-28-23-12-5-7-14-25(23)32-27)11-8-10-19-9-4-6-13-24(19)30-2/h4-18H,3H2,1-2H3. The molecule has 0 aliphatic heterocycles. The quantitative estimate of drug-likeness (QED) is 0.191. The smallest absolute Gasteiger partial charge is 0.231 e. The van der Waals surface area contributed by atoms with Crippen LogP contribution in [0.25, 0.3) is 22.7 Å². The van der Waals surface area contributed by atoms with Crippen molar-refractivity contribution in [2.45, 2.75) is 6.92 Å². The molecule has 5 nitrogen and oxygen atoms in total. The molecule has 1 heterocycles. The van der Waals surface area contributed by atoms with Crippen LogP contribution < -0.4 is 9.47 Å². The van der Waals surface area contributed by atoms with E-state index in [0.29, 0.717) is 34.6 Å². The second-order valence-corrected chi connectivity index (χ2v) is 6.95. The number of oxazole rings is 1. The lowest BCUT2D eigenvalue weighted by Crippen LogP contribution is -2.03. The second kappa shape index (κ2) is 9.79. The Morgan fingerprint density at radius 3 is 2.50 bits per heavy atom. The molecule has 0 unspecified atom stereocenters. The Kier molecular flexibility index (Phi) is 6.46. The SMILES string of the molecule is CCOc1ccc(C(=O)C(=CC=Cc2ccccc2OC)c2nc3ccccc3o2)cc1. The number of methoxy groups -OCH3 is 1. The summed E-state index contributed by atoms with van der Waals surface area (Å²) in [7, 11) is 1.63. The summed E-state index contributed by atoms with van der Waals surface area (Å²) < 4.78 is 16.8. The van der Waals surface area contributed by atoms with Crippen LogP contribution in [0.4, 0.5) is 0 Å². The number of nitrogens with zero attached hydrogens (tertiary/aromatic N) is 1. The molecule has 0 radical (unpaired) electrons. The summed E-state index contributed by atoms with van der Waals surface area (Å²) in [5.41, 5.74) is 3.10. The number of ether oxygens (including phenoxy) is 2. The number of aromatic nitrogens is 1. The molecule has 0 spiro atoms. The van der Waals surface area contributed by atoms with Gasteiger partial charge in [0.15, 0.2) is 11.4 Å². The molecule has 1 aromatic heterocycles. The van der Waals surface area contributed by atoms with Crippen molar-refractivity contribution >= 4 is 28.5 Å². The zero-order valence-corrected chi connectivity index (χ0v) is 17.9. The van der Waals surface area contributed by atoms with E-state index < -0.39 is 0 Å². The van der Waals surface area contributed by atoms with E-state index in [-0.39, 0.29) is 11.7 Å². The van der Waals surface area contributed by atoms with Gasteiger partial charge in [-0.2, -0.15) is 0 Å². The molecule has 0 aliphatic rings. The first-order valence-corrected chi connectivity index (χ1v) is 10.3. The maximum Gasteiger partial charge on any atom is 0.231 e. The van der Waals surface area contributed by atoms with Crippen molar-refractivity contribution in [3.8, 4) is 11.5 Å². The minimum absolute atomic E-state index is 0.190. The van der Waals surface area contributed by atoms with E-state index >= 15 is 0 Å². The van der Waals surface area contributed by atoms with E-state index in [1.54, 1.807) is 43.5 Å². The van der Waals surface area contributed by atoms with Crippen molar-refractivity contribution in [1.82, 2.24) is 4.98 Å². The molecular weight excluding hydrogens is 402 g/mol. The zero-order chi connectivity index (χ0) is 22.3. The minimum atomic E-state index is -0.190. The number of carbonyl (C=O) groups is 1. The molecule has 0 aliphatic carbocycles. The molecule has 4 rings (SSSR count). The summed E-state index contributed by atoms with van der Waals surface area (Å²) in [5, 5.41) is 0. The Hall–Kier alpha value is -4.12. The van der Waals surface area contributed by atoms with Crippen LogP contribution >= 0.6 is 0 Å². The third kappa shape index (κ3) is 4.62. The predicted octanol–water partition coefficient (Wildman–Crippen LogP) is 6.21. The van der Waals surface area contributed by atoms with E-state index in [9.17, 15) is 4.79 Å². The van der Waals surface area contributed by atoms with Crippen molar-refractivity contribution in [3.63, 3.8) is 0 Å². The fraction of sp³-hybridized carbons (Fsp3) is 0.111. The number of hydrogen-bond donors (Lipinski definition) is 0. The molecule has 0 fully saturated rings. The average molecular weight is 425 g/mol. The van der Waals surface area contributed by atoms with Crippen LogP contribution in [-0.4, -0.2) is 24.5 Å². The third-order valence-corrected chi connectivity index (χ3v) is 4.87. The molecule has 4 aromatic rings. The lowest BCUT2D eigenvalue weighted by atomic mass is 10.0. The van der Waals surface area contributed by atoms with Crippen LogP contribution in [0.15, 0.2) is 89.4 Å². The van der Waals surface area contributed by atoms with Gasteiger partial charge >= 0.3 is 0 Å². The lowest BCUT2D eigenvalue weighted by Gasteiger charge is -2.06. The third-order valence-electron chi connectivity index (χ3n) is 4.87. The largest absolute Gasteiger partial charge is 0.496 e. The van der Waals surface area contributed by atoms with Gasteiger partial charge in [-0.1, -0.05) is 42.5 Å². The lowest BCUT2D eigenvalue weighted by molar-refractivity contribution is 0.105. The number of fused-ring (bicyclic) bond motifs is 1. The Morgan fingerprint density at radius 2 is 1.75 bits per heavy atom. The molecule has 5 heteroatoms. The average Bonchev–Trinajstić information content (AvgIpc) is 3.26. The Morgan fingerprint density at radius 1 is 1.00 bits per heavy atom. The van der Waals surface area contributed by atoms with Crippen LogP contribution in [0.3, 0.4) is 0 Å². The first kappa shape index (κ1) is 21.1. The van der Waals surface area contributed by atoms with Crippen molar-refractivity contribution in [2.24, 2.45) is 0 Å². The van der Waals surface area contributed by atoms with Gasteiger partial charge in [0.2, 0.25) is 5.89 Å². The summed E-state index contributed by atoms with van der Waals surface area (Å²) in [6.45, 7) is 2.48. The highest BCUT2D eigenvalue weighted by Gasteiger charge is 2.19. The van der Waals surface area contributed by atoms with E-state index in [2.05, 4.69) is 4.98 Å². The minimum Gasteiger partial charge on any atom is -0.496 e. The van der Waals surface area contributed by atoms with Crippen molar-refractivity contribution < 1.29 is 18.7 Å². The van der Waals surface area contributed by atoms with Gasteiger partial charge in [0.05, 0.1) is 19.3 Å². The van der Waals surface area contributed by atoms with Gasteiger partial charge in [0, 0.05) is 11.1 Å². The summed E-state index contributed by atoms with van der Waals surface area (Å²) in [5.74, 6) is 1.55.